The van der Waals surface area contributed by atoms with Crippen molar-refractivity contribution in [3.63, 3.8) is 0 Å². The van der Waals surface area contributed by atoms with Gasteiger partial charge in [-0.05, 0) is 44.2 Å². The van der Waals surface area contributed by atoms with Crippen LogP contribution in [0.4, 0.5) is 10.2 Å². The van der Waals surface area contributed by atoms with E-state index < -0.39 is 0 Å². The Morgan fingerprint density at radius 2 is 2.14 bits per heavy atom. The highest BCUT2D eigenvalue weighted by Gasteiger charge is 2.21. The Morgan fingerprint density at radius 1 is 1.29 bits per heavy atom. The highest BCUT2D eigenvalue weighted by atomic mass is 19.1. The fraction of sp³-hybridized carbons (Fsp3) is 0.471. The Labute approximate surface area is 125 Å². The molecule has 1 aromatic heterocycles. The number of nitrogens with zero attached hydrogens (tertiary/aromatic N) is 2. The quantitative estimate of drug-likeness (QED) is 0.917. The van der Waals surface area contributed by atoms with Crippen LogP contribution >= 0.6 is 0 Å². The molecule has 0 amide bonds. The Balaban J connectivity index is 2.08. The SMILES string of the molecule is CCCCc1nn(-c2ccccc2F)c2c1CCCCN2. The van der Waals surface area contributed by atoms with Crippen LogP contribution in [0.1, 0.15) is 43.9 Å². The van der Waals surface area contributed by atoms with E-state index in [9.17, 15) is 4.39 Å². The van der Waals surface area contributed by atoms with Gasteiger partial charge in [0.2, 0.25) is 0 Å². The van der Waals surface area contributed by atoms with Crippen molar-refractivity contribution in [1.82, 2.24) is 9.78 Å². The van der Waals surface area contributed by atoms with Crippen molar-refractivity contribution in [2.45, 2.75) is 45.4 Å². The van der Waals surface area contributed by atoms with E-state index in [-0.39, 0.29) is 5.82 Å². The second-order valence-corrected chi connectivity index (χ2v) is 5.62. The number of aryl methyl sites for hydroxylation is 1. The summed E-state index contributed by atoms with van der Waals surface area (Å²) in [6.07, 6.45) is 6.61. The molecule has 0 fully saturated rings. The van der Waals surface area contributed by atoms with E-state index in [1.165, 1.54) is 18.1 Å². The fourth-order valence-electron chi connectivity index (χ4n) is 2.92. The highest BCUT2D eigenvalue weighted by molar-refractivity contribution is 5.54. The molecule has 0 spiro atoms. The van der Waals surface area contributed by atoms with Gasteiger partial charge in [0.05, 0.1) is 5.69 Å². The molecule has 0 radical (unpaired) electrons. The number of nitrogens with one attached hydrogen (secondary N) is 1. The molecule has 21 heavy (non-hydrogen) atoms. The van der Waals surface area contributed by atoms with Crippen LogP contribution in [0.2, 0.25) is 0 Å². The highest BCUT2D eigenvalue weighted by Crippen LogP contribution is 2.29. The molecular weight excluding hydrogens is 265 g/mol. The van der Waals surface area contributed by atoms with Gasteiger partial charge in [-0.1, -0.05) is 25.5 Å². The van der Waals surface area contributed by atoms with Crippen LogP contribution in [0.15, 0.2) is 24.3 Å². The number of hydrogen-bond acceptors (Lipinski definition) is 2. The lowest BCUT2D eigenvalue weighted by Gasteiger charge is -2.09. The van der Waals surface area contributed by atoms with Crippen molar-refractivity contribution in [2.24, 2.45) is 0 Å². The third-order valence-corrected chi connectivity index (χ3v) is 4.06. The average molecular weight is 287 g/mol. The molecule has 1 aliphatic rings. The predicted molar refractivity (Wildman–Crippen MR) is 83.6 cm³/mol. The predicted octanol–water partition coefficient (Wildman–Crippen LogP) is 4.10. The zero-order valence-electron chi connectivity index (χ0n) is 12.5. The normalized spacial score (nSPS) is 14.4. The largest absolute Gasteiger partial charge is 0.370 e. The average Bonchev–Trinajstić information content (AvgIpc) is 2.68. The number of rotatable bonds is 4. The van der Waals surface area contributed by atoms with Gasteiger partial charge in [0.15, 0.2) is 0 Å². The molecule has 2 aromatic rings. The molecule has 4 heteroatoms. The van der Waals surface area contributed by atoms with Crippen molar-refractivity contribution in [1.29, 1.82) is 0 Å². The van der Waals surface area contributed by atoms with Gasteiger partial charge in [-0.15, -0.1) is 0 Å². The van der Waals surface area contributed by atoms with Crippen LogP contribution in [-0.2, 0) is 12.8 Å². The van der Waals surface area contributed by atoms with Gasteiger partial charge in [-0.25, -0.2) is 9.07 Å². The van der Waals surface area contributed by atoms with E-state index in [1.54, 1.807) is 16.8 Å². The molecule has 1 N–H and O–H groups in total. The number of halogens is 1. The maximum atomic E-state index is 14.1. The summed E-state index contributed by atoms with van der Waals surface area (Å²) in [4.78, 5) is 0. The standard InChI is InChI=1S/C17H22FN3/c1-2-3-10-15-13-8-6-7-12-19-17(13)21(20-15)16-11-5-4-9-14(16)18/h4-5,9,11,19H,2-3,6-8,10,12H2,1H3. The molecule has 0 saturated carbocycles. The first kappa shape index (κ1) is 14.1. The number of hydrogen-bond donors (Lipinski definition) is 1. The molecular formula is C17H22FN3. The maximum Gasteiger partial charge on any atom is 0.148 e. The van der Waals surface area contributed by atoms with Crippen molar-refractivity contribution in [2.75, 3.05) is 11.9 Å². The minimum absolute atomic E-state index is 0.226. The van der Waals surface area contributed by atoms with Crippen LogP contribution in [0, 0.1) is 5.82 Å². The lowest BCUT2D eigenvalue weighted by Crippen LogP contribution is -2.08. The van der Waals surface area contributed by atoms with Crippen LogP contribution in [0.5, 0.6) is 0 Å². The van der Waals surface area contributed by atoms with Gasteiger partial charge in [-0.2, -0.15) is 5.10 Å². The smallest absolute Gasteiger partial charge is 0.148 e. The molecule has 1 aromatic carbocycles. The summed E-state index contributed by atoms with van der Waals surface area (Å²) < 4.78 is 15.9. The molecule has 0 saturated heterocycles. The minimum Gasteiger partial charge on any atom is -0.370 e. The zero-order chi connectivity index (χ0) is 14.7. The summed E-state index contributed by atoms with van der Waals surface area (Å²) in [6, 6.07) is 6.85. The third-order valence-electron chi connectivity index (χ3n) is 4.06. The number of anilines is 1. The molecule has 0 unspecified atom stereocenters. The van der Waals surface area contributed by atoms with E-state index >= 15 is 0 Å². The van der Waals surface area contributed by atoms with E-state index in [0.717, 1.165) is 50.2 Å². The van der Waals surface area contributed by atoms with Gasteiger partial charge < -0.3 is 5.32 Å². The molecule has 112 valence electrons. The summed E-state index contributed by atoms with van der Waals surface area (Å²) in [5.41, 5.74) is 2.94. The van der Waals surface area contributed by atoms with Crippen LogP contribution in [-0.4, -0.2) is 16.3 Å². The lowest BCUT2D eigenvalue weighted by molar-refractivity contribution is 0.609. The summed E-state index contributed by atoms with van der Waals surface area (Å²) in [7, 11) is 0. The van der Waals surface area contributed by atoms with Gasteiger partial charge in [-0.3, -0.25) is 0 Å². The van der Waals surface area contributed by atoms with E-state index in [0.29, 0.717) is 5.69 Å². The second-order valence-electron chi connectivity index (χ2n) is 5.62. The van der Waals surface area contributed by atoms with Crippen LogP contribution < -0.4 is 5.32 Å². The molecule has 1 aliphatic heterocycles. The first-order valence-electron chi connectivity index (χ1n) is 7.90. The van der Waals surface area contributed by atoms with Gasteiger partial charge in [0.25, 0.3) is 0 Å². The van der Waals surface area contributed by atoms with Gasteiger partial charge in [0, 0.05) is 12.1 Å². The summed E-state index contributed by atoms with van der Waals surface area (Å²) >= 11 is 0. The number of fused-ring (bicyclic) bond motifs is 1. The Bertz CT molecular complexity index is 618. The number of aromatic nitrogens is 2. The molecule has 2 heterocycles. The molecule has 3 nitrogen and oxygen atoms in total. The Hall–Kier alpha value is -1.84. The Kier molecular flexibility index (Phi) is 4.23. The minimum atomic E-state index is -0.226. The summed E-state index contributed by atoms with van der Waals surface area (Å²) in [6.45, 7) is 3.12. The van der Waals surface area contributed by atoms with Crippen LogP contribution in [0.3, 0.4) is 0 Å². The van der Waals surface area contributed by atoms with Crippen LogP contribution in [0.25, 0.3) is 5.69 Å². The zero-order valence-corrected chi connectivity index (χ0v) is 12.5. The summed E-state index contributed by atoms with van der Waals surface area (Å²) in [5, 5.41) is 8.17. The first-order valence-corrected chi connectivity index (χ1v) is 7.90. The Morgan fingerprint density at radius 3 is 2.95 bits per heavy atom. The van der Waals surface area contributed by atoms with E-state index in [4.69, 9.17) is 5.10 Å². The van der Waals surface area contributed by atoms with Crippen molar-refractivity contribution >= 4 is 5.82 Å². The molecule has 0 aliphatic carbocycles. The number of unbranched alkanes of at least 4 members (excludes halogenated alkanes) is 1. The monoisotopic (exact) mass is 287 g/mol. The molecule has 3 rings (SSSR count). The fourth-order valence-corrected chi connectivity index (χ4v) is 2.92. The summed E-state index contributed by atoms with van der Waals surface area (Å²) in [5.74, 6) is 0.764. The second kappa shape index (κ2) is 6.29. The lowest BCUT2D eigenvalue weighted by atomic mass is 10.1. The van der Waals surface area contributed by atoms with Gasteiger partial charge in [0.1, 0.15) is 17.3 Å². The number of para-hydroxylation sites is 1. The van der Waals surface area contributed by atoms with Crippen molar-refractivity contribution in [3.05, 3.63) is 41.3 Å². The topological polar surface area (TPSA) is 29.9 Å². The van der Waals surface area contributed by atoms with Gasteiger partial charge >= 0.3 is 0 Å². The van der Waals surface area contributed by atoms with Crippen molar-refractivity contribution in [3.8, 4) is 5.69 Å². The van der Waals surface area contributed by atoms with E-state index in [2.05, 4.69) is 12.2 Å². The van der Waals surface area contributed by atoms with E-state index in [1.807, 2.05) is 6.07 Å². The number of benzene rings is 1. The molecule has 0 bridgehead atoms. The van der Waals surface area contributed by atoms with Crippen molar-refractivity contribution < 1.29 is 4.39 Å². The maximum absolute atomic E-state index is 14.1. The first-order chi connectivity index (χ1) is 10.3. The third kappa shape index (κ3) is 2.80. The molecule has 0 atom stereocenters.